The topological polar surface area (TPSA) is 81.8 Å². The van der Waals surface area contributed by atoms with Crippen LogP contribution in [0.4, 0.5) is 0 Å². The van der Waals surface area contributed by atoms with Gasteiger partial charge in [0.05, 0.1) is 5.70 Å². The summed E-state index contributed by atoms with van der Waals surface area (Å²) >= 11 is 0. The maximum absolute atomic E-state index is 10.1. The number of carbonyl (C=O) groups is 1. The van der Waals surface area contributed by atoms with Crippen molar-refractivity contribution in [3.05, 3.63) is 11.8 Å². The van der Waals surface area contributed by atoms with E-state index < -0.39 is 12.3 Å². The van der Waals surface area contributed by atoms with Crippen molar-refractivity contribution in [1.29, 1.82) is 0 Å². The Kier molecular flexibility index (Phi) is 4.24. The summed E-state index contributed by atoms with van der Waals surface area (Å²) in [7, 11) is 2.74. The van der Waals surface area contributed by atoms with Crippen molar-refractivity contribution in [2.75, 3.05) is 14.2 Å². The molecule has 0 amide bonds. The van der Waals surface area contributed by atoms with Gasteiger partial charge in [0, 0.05) is 20.3 Å². The normalized spacial score (nSPS) is 12.1. The molecular weight excluding hydrogens is 150 g/mol. The zero-order valence-electron chi connectivity index (χ0n) is 6.40. The lowest BCUT2D eigenvalue weighted by Gasteiger charge is -2.12. The van der Waals surface area contributed by atoms with Crippen molar-refractivity contribution >= 4 is 5.97 Å². The Morgan fingerprint density at radius 1 is 1.55 bits per heavy atom. The van der Waals surface area contributed by atoms with Crippen LogP contribution in [-0.4, -0.2) is 31.6 Å². The van der Waals surface area contributed by atoms with Gasteiger partial charge in [-0.3, -0.25) is 0 Å². The highest BCUT2D eigenvalue weighted by atomic mass is 16.7. The molecule has 0 fully saturated rings. The van der Waals surface area contributed by atoms with E-state index in [0.29, 0.717) is 0 Å². The second kappa shape index (κ2) is 4.70. The monoisotopic (exact) mass is 161 g/mol. The smallest absolute Gasteiger partial charge is 0.330 e. The minimum atomic E-state index is -1.12. The van der Waals surface area contributed by atoms with Crippen molar-refractivity contribution in [3.63, 3.8) is 0 Å². The molecule has 0 rings (SSSR count). The van der Waals surface area contributed by atoms with E-state index in [1.54, 1.807) is 0 Å². The van der Waals surface area contributed by atoms with Crippen LogP contribution in [0.5, 0.6) is 0 Å². The van der Waals surface area contributed by atoms with Crippen molar-refractivity contribution in [3.8, 4) is 0 Å². The van der Waals surface area contributed by atoms with Crippen LogP contribution >= 0.6 is 0 Å². The number of ether oxygens (including phenoxy) is 2. The summed E-state index contributed by atoms with van der Waals surface area (Å²) in [5, 5.41) is 8.26. The van der Waals surface area contributed by atoms with Gasteiger partial charge in [0.1, 0.15) is 0 Å². The fourth-order valence-electron chi connectivity index (χ4n) is 0.579. The summed E-state index contributed by atoms with van der Waals surface area (Å²) in [5.41, 5.74) is 5.30. The number of carboxylic acid groups (broad SMARTS) is 1. The van der Waals surface area contributed by atoms with Crippen LogP contribution in [0.1, 0.15) is 0 Å². The Bertz CT molecular complexity index is 162. The second-order valence-electron chi connectivity index (χ2n) is 1.79. The maximum Gasteiger partial charge on any atom is 0.330 e. The number of carboxylic acids is 1. The largest absolute Gasteiger partial charge is 0.478 e. The van der Waals surface area contributed by atoms with E-state index >= 15 is 0 Å². The van der Waals surface area contributed by atoms with Crippen molar-refractivity contribution < 1.29 is 19.4 Å². The van der Waals surface area contributed by atoms with E-state index in [1.165, 1.54) is 14.2 Å². The first-order valence-corrected chi connectivity index (χ1v) is 2.87. The summed E-state index contributed by atoms with van der Waals surface area (Å²) in [5.74, 6) is -1.12. The van der Waals surface area contributed by atoms with Crippen LogP contribution < -0.4 is 5.73 Å². The van der Waals surface area contributed by atoms with Gasteiger partial charge >= 0.3 is 5.97 Å². The molecule has 64 valence electrons. The minimum Gasteiger partial charge on any atom is -0.478 e. The highest BCUT2D eigenvalue weighted by molar-refractivity contribution is 5.80. The van der Waals surface area contributed by atoms with Crippen molar-refractivity contribution in [2.45, 2.75) is 6.29 Å². The van der Waals surface area contributed by atoms with Crippen molar-refractivity contribution in [2.24, 2.45) is 5.73 Å². The summed E-state index contributed by atoms with van der Waals surface area (Å²) in [6.45, 7) is 0. The Morgan fingerprint density at radius 2 is 2.00 bits per heavy atom. The van der Waals surface area contributed by atoms with Gasteiger partial charge in [0.15, 0.2) is 6.29 Å². The molecule has 0 aliphatic carbocycles. The van der Waals surface area contributed by atoms with E-state index in [0.717, 1.165) is 6.08 Å². The number of hydrogen-bond acceptors (Lipinski definition) is 4. The van der Waals surface area contributed by atoms with Gasteiger partial charge in [0.2, 0.25) is 0 Å². The fourth-order valence-corrected chi connectivity index (χ4v) is 0.579. The maximum atomic E-state index is 10.1. The molecule has 0 aromatic heterocycles. The molecule has 0 spiro atoms. The average molecular weight is 161 g/mol. The Balaban J connectivity index is 4.18. The molecule has 0 bridgehead atoms. The Labute approximate surface area is 64.4 Å². The molecule has 0 saturated heterocycles. The Hall–Kier alpha value is -1.07. The summed E-state index contributed by atoms with van der Waals surface area (Å²) < 4.78 is 9.37. The molecule has 5 nitrogen and oxygen atoms in total. The van der Waals surface area contributed by atoms with Crippen molar-refractivity contribution in [1.82, 2.24) is 0 Å². The summed E-state index contributed by atoms with van der Waals surface area (Å²) in [6.07, 6.45) is 0.0450. The molecule has 0 heterocycles. The molecule has 0 aromatic carbocycles. The zero-order chi connectivity index (χ0) is 8.85. The lowest BCUT2D eigenvalue weighted by atomic mass is 10.4. The standard InChI is InChI=1S/C6H11NO4/c1-10-6(11-2)4(7)3-5(8)9/h3,6H,7H2,1-2H3,(H,8,9). The van der Waals surface area contributed by atoms with E-state index in [-0.39, 0.29) is 5.70 Å². The van der Waals surface area contributed by atoms with E-state index in [2.05, 4.69) is 9.47 Å². The van der Waals surface area contributed by atoms with Crippen LogP contribution in [-0.2, 0) is 14.3 Å². The number of nitrogens with two attached hydrogens (primary N) is 1. The molecule has 0 aromatic rings. The molecule has 5 heteroatoms. The average Bonchev–Trinajstić information content (AvgIpc) is 1.88. The van der Waals surface area contributed by atoms with Gasteiger partial charge in [-0.25, -0.2) is 4.79 Å². The minimum absolute atomic E-state index is 0.0301. The van der Waals surface area contributed by atoms with E-state index in [4.69, 9.17) is 10.8 Å². The predicted molar refractivity (Wildman–Crippen MR) is 37.7 cm³/mol. The van der Waals surface area contributed by atoms with Crippen LogP contribution in [0.25, 0.3) is 0 Å². The summed E-state index contributed by atoms with van der Waals surface area (Å²) in [6, 6.07) is 0. The van der Waals surface area contributed by atoms with Gasteiger partial charge < -0.3 is 20.3 Å². The molecule has 0 unspecified atom stereocenters. The molecule has 0 radical (unpaired) electrons. The van der Waals surface area contributed by atoms with Crippen LogP contribution in [0.15, 0.2) is 11.8 Å². The lowest BCUT2D eigenvalue weighted by molar-refractivity contribution is -0.132. The second-order valence-corrected chi connectivity index (χ2v) is 1.79. The number of methoxy groups -OCH3 is 2. The number of aliphatic carboxylic acids is 1. The van der Waals surface area contributed by atoms with Crippen LogP contribution in [0, 0.1) is 0 Å². The third kappa shape index (κ3) is 3.59. The summed E-state index contributed by atoms with van der Waals surface area (Å²) in [4.78, 5) is 10.1. The number of hydrogen-bond donors (Lipinski definition) is 2. The van der Waals surface area contributed by atoms with E-state index in [9.17, 15) is 4.79 Å². The van der Waals surface area contributed by atoms with E-state index in [1.807, 2.05) is 0 Å². The first-order valence-electron chi connectivity index (χ1n) is 2.87. The highest BCUT2D eigenvalue weighted by Crippen LogP contribution is 1.99. The number of rotatable bonds is 4. The molecule has 0 aliphatic rings. The molecular formula is C6H11NO4. The Morgan fingerprint density at radius 3 is 2.27 bits per heavy atom. The first kappa shape index (κ1) is 9.93. The predicted octanol–water partition coefficient (Wildman–Crippen LogP) is -0.468. The molecule has 0 atom stereocenters. The van der Waals surface area contributed by atoms with Gasteiger partial charge in [-0.15, -0.1) is 0 Å². The zero-order valence-corrected chi connectivity index (χ0v) is 6.40. The molecule has 3 N–H and O–H groups in total. The van der Waals surface area contributed by atoms with Crippen LogP contribution in [0.3, 0.4) is 0 Å². The van der Waals surface area contributed by atoms with Gasteiger partial charge in [-0.2, -0.15) is 0 Å². The highest BCUT2D eigenvalue weighted by Gasteiger charge is 2.09. The third-order valence-corrected chi connectivity index (χ3v) is 0.990. The molecule has 0 saturated carbocycles. The fraction of sp³-hybridized carbons (Fsp3) is 0.500. The lowest BCUT2D eigenvalue weighted by Crippen LogP contribution is -2.22. The van der Waals surface area contributed by atoms with Gasteiger partial charge in [0.25, 0.3) is 0 Å². The third-order valence-electron chi connectivity index (χ3n) is 0.990. The van der Waals surface area contributed by atoms with Crippen LogP contribution in [0.2, 0.25) is 0 Å². The van der Waals surface area contributed by atoms with Gasteiger partial charge in [-0.05, 0) is 0 Å². The quantitative estimate of drug-likeness (QED) is 0.430. The molecule has 11 heavy (non-hydrogen) atoms. The molecule has 0 aliphatic heterocycles. The SMILES string of the molecule is COC(OC)C(N)=CC(=O)O. The first-order chi connectivity index (χ1) is 5.11. The van der Waals surface area contributed by atoms with Gasteiger partial charge in [-0.1, -0.05) is 0 Å².